The topological polar surface area (TPSA) is 66.4 Å². The molecule has 1 fully saturated rings. The van der Waals surface area contributed by atoms with E-state index < -0.39 is 22.4 Å². The highest BCUT2D eigenvalue weighted by Gasteiger charge is 2.33. The van der Waals surface area contributed by atoms with Crippen molar-refractivity contribution in [2.75, 3.05) is 6.54 Å². The summed E-state index contributed by atoms with van der Waals surface area (Å²) in [5, 5.41) is 9.03. The molecule has 2 rings (SSSR count). The molecular weight excluding hydrogens is 293 g/mol. The van der Waals surface area contributed by atoms with Gasteiger partial charge in [-0.2, -0.15) is 0 Å². The number of sulfonamides is 1. The van der Waals surface area contributed by atoms with Gasteiger partial charge in [-0.25, -0.2) is 17.5 Å². The van der Waals surface area contributed by atoms with E-state index in [2.05, 4.69) is 11.6 Å². The molecule has 0 atom stereocenters. The molecule has 6 heteroatoms. The van der Waals surface area contributed by atoms with Crippen LogP contribution in [0.15, 0.2) is 23.1 Å². The van der Waals surface area contributed by atoms with Gasteiger partial charge in [0.05, 0.1) is 11.5 Å². The summed E-state index contributed by atoms with van der Waals surface area (Å²) in [4.78, 5) is -0.00259. The molecule has 2 N–H and O–H groups in total. The van der Waals surface area contributed by atoms with Gasteiger partial charge >= 0.3 is 0 Å². The quantitative estimate of drug-likeness (QED) is 0.848. The standard InChI is InChI=1S/C15H22FNO3S/c1-2-15(7-3-4-8-15)11-17-21(19,20)13-5-6-14(16)12(9-13)10-18/h5-6,9,17-18H,2-4,7-8,10-11H2,1H3. The minimum atomic E-state index is -3.67. The van der Waals surface area contributed by atoms with Crippen molar-refractivity contribution in [3.05, 3.63) is 29.6 Å². The van der Waals surface area contributed by atoms with Crippen LogP contribution in [0.25, 0.3) is 0 Å². The summed E-state index contributed by atoms with van der Waals surface area (Å²) in [6.45, 7) is 1.98. The van der Waals surface area contributed by atoms with Gasteiger partial charge < -0.3 is 5.11 Å². The molecule has 0 heterocycles. The number of hydrogen-bond donors (Lipinski definition) is 2. The molecule has 0 spiro atoms. The summed E-state index contributed by atoms with van der Waals surface area (Å²) in [6.07, 6.45) is 5.30. The van der Waals surface area contributed by atoms with E-state index in [9.17, 15) is 12.8 Å². The maximum atomic E-state index is 13.3. The minimum Gasteiger partial charge on any atom is -0.392 e. The molecule has 1 aromatic carbocycles. The van der Waals surface area contributed by atoms with E-state index in [-0.39, 0.29) is 15.9 Å². The van der Waals surface area contributed by atoms with Gasteiger partial charge in [-0.15, -0.1) is 0 Å². The number of hydrogen-bond acceptors (Lipinski definition) is 3. The Balaban J connectivity index is 2.15. The van der Waals surface area contributed by atoms with Gasteiger partial charge in [0.1, 0.15) is 5.82 Å². The monoisotopic (exact) mass is 315 g/mol. The third-order valence-corrected chi connectivity index (χ3v) is 5.95. The fourth-order valence-electron chi connectivity index (χ4n) is 2.95. The van der Waals surface area contributed by atoms with Crippen molar-refractivity contribution in [1.29, 1.82) is 0 Å². The average Bonchev–Trinajstić information content (AvgIpc) is 2.95. The van der Waals surface area contributed by atoms with Gasteiger partial charge in [0.2, 0.25) is 10.0 Å². The molecule has 0 bridgehead atoms. The number of rotatable bonds is 6. The number of aliphatic hydroxyl groups excluding tert-OH is 1. The lowest BCUT2D eigenvalue weighted by atomic mass is 9.84. The van der Waals surface area contributed by atoms with E-state index >= 15 is 0 Å². The molecule has 118 valence electrons. The second kappa shape index (κ2) is 6.42. The molecule has 0 amide bonds. The smallest absolute Gasteiger partial charge is 0.240 e. The van der Waals surface area contributed by atoms with Crippen LogP contribution in [0.5, 0.6) is 0 Å². The zero-order valence-corrected chi connectivity index (χ0v) is 13.0. The number of nitrogens with one attached hydrogen (secondary N) is 1. The fraction of sp³-hybridized carbons (Fsp3) is 0.600. The Morgan fingerprint density at radius 3 is 2.57 bits per heavy atom. The first-order valence-corrected chi connectivity index (χ1v) is 8.80. The summed E-state index contributed by atoms with van der Waals surface area (Å²) in [5.74, 6) is -0.600. The predicted molar refractivity (Wildman–Crippen MR) is 78.7 cm³/mol. The Kier molecular flexibility index (Phi) is 5.01. The first-order valence-electron chi connectivity index (χ1n) is 7.31. The van der Waals surface area contributed by atoms with Crippen molar-refractivity contribution in [2.24, 2.45) is 5.41 Å². The molecule has 1 aromatic rings. The summed E-state index contributed by atoms with van der Waals surface area (Å²) in [5.41, 5.74) is 0.0383. The van der Waals surface area contributed by atoms with Crippen LogP contribution in [0.2, 0.25) is 0 Å². The SMILES string of the molecule is CCC1(CNS(=O)(=O)c2ccc(F)c(CO)c2)CCCC1. The lowest BCUT2D eigenvalue weighted by molar-refractivity contribution is 0.275. The van der Waals surface area contributed by atoms with Crippen LogP contribution in [0.1, 0.15) is 44.6 Å². The second-order valence-corrected chi connectivity index (χ2v) is 7.56. The van der Waals surface area contributed by atoms with Gasteiger partial charge in [0.25, 0.3) is 0 Å². The van der Waals surface area contributed by atoms with E-state index in [1.807, 2.05) is 0 Å². The van der Waals surface area contributed by atoms with E-state index in [1.54, 1.807) is 0 Å². The van der Waals surface area contributed by atoms with E-state index in [4.69, 9.17) is 5.11 Å². The molecule has 1 aliphatic carbocycles. The zero-order chi connectivity index (χ0) is 15.5. The summed E-state index contributed by atoms with van der Waals surface area (Å²) in [7, 11) is -3.67. The van der Waals surface area contributed by atoms with Gasteiger partial charge in [-0.3, -0.25) is 0 Å². The highest BCUT2D eigenvalue weighted by molar-refractivity contribution is 7.89. The molecule has 0 aromatic heterocycles. The number of benzene rings is 1. The predicted octanol–water partition coefficient (Wildman–Crippen LogP) is 2.57. The van der Waals surface area contributed by atoms with E-state index in [0.29, 0.717) is 6.54 Å². The fourth-order valence-corrected chi connectivity index (χ4v) is 4.16. The van der Waals surface area contributed by atoms with Crippen molar-refractivity contribution in [2.45, 2.75) is 50.5 Å². The van der Waals surface area contributed by atoms with Crippen molar-refractivity contribution in [1.82, 2.24) is 4.72 Å². The lowest BCUT2D eigenvalue weighted by Crippen LogP contribution is -2.35. The van der Waals surface area contributed by atoms with Gasteiger partial charge in [-0.05, 0) is 42.9 Å². The largest absolute Gasteiger partial charge is 0.392 e. The minimum absolute atomic E-state index is 0.00259. The van der Waals surface area contributed by atoms with Crippen LogP contribution in [-0.4, -0.2) is 20.1 Å². The van der Waals surface area contributed by atoms with E-state index in [1.165, 1.54) is 12.1 Å². The first kappa shape index (κ1) is 16.4. The van der Waals surface area contributed by atoms with Crippen molar-refractivity contribution in [3.8, 4) is 0 Å². The van der Waals surface area contributed by atoms with Crippen LogP contribution in [-0.2, 0) is 16.6 Å². The van der Waals surface area contributed by atoms with Gasteiger partial charge in [0, 0.05) is 12.1 Å². The highest BCUT2D eigenvalue weighted by atomic mass is 32.2. The molecule has 0 unspecified atom stereocenters. The van der Waals surface area contributed by atoms with Crippen LogP contribution in [0.4, 0.5) is 4.39 Å². The summed E-state index contributed by atoms with van der Waals surface area (Å²) in [6, 6.07) is 3.49. The van der Waals surface area contributed by atoms with Crippen LogP contribution in [0, 0.1) is 11.2 Å². The molecule has 0 aliphatic heterocycles. The Morgan fingerprint density at radius 2 is 2.00 bits per heavy atom. The highest BCUT2D eigenvalue weighted by Crippen LogP contribution is 2.40. The molecule has 1 aliphatic rings. The lowest BCUT2D eigenvalue weighted by Gasteiger charge is -2.27. The van der Waals surface area contributed by atoms with Crippen LogP contribution in [0.3, 0.4) is 0 Å². The average molecular weight is 315 g/mol. The molecule has 1 saturated carbocycles. The Bertz CT molecular complexity index is 595. The second-order valence-electron chi connectivity index (χ2n) is 5.80. The van der Waals surface area contributed by atoms with Crippen molar-refractivity contribution >= 4 is 10.0 Å². The normalized spacial score (nSPS) is 18.0. The summed E-state index contributed by atoms with van der Waals surface area (Å²) < 4.78 is 40.6. The van der Waals surface area contributed by atoms with Crippen LogP contribution < -0.4 is 4.72 Å². The Hall–Kier alpha value is -0.980. The first-order chi connectivity index (χ1) is 9.92. The molecule has 0 saturated heterocycles. The van der Waals surface area contributed by atoms with Gasteiger partial charge in [-0.1, -0.05) is 19.8 Å². The number of aliphatic hydroxyl groups is 1. The third kappa shape index (κ3) is 3.62. The Morgan fingerprint density at radius 1 is 1.33 bits per heavy atom. The summed E-state index contributed by atoms with van der Waals surface area (Å²) >= 11 is 0. The molecule has 21 heavy (non-hydrogen) atoms. The number of halogens is 1. The molecule has 0 radical (unpaired) electrons. The van der Waals surface area contributed by atoms with E-state index in [0.717, 1.165) is 38.2 Å². The zero-order valence-electron chi connectivity index (χ0n) is 12.2. The third-order valence-electron chi connectivity index (χ3n) is 4.55. The Labute approximate surface area is 125 Å². The molecule has 4 nitrogen and oxygen atoms in total. The maximum absolute atomic E-state index is 13.3. The maximum Gasteiger partial charge on any atom is 0.240 e. The van der Waals surface area contributed by atoms with Crippen LogP contribution >= 0.6 is 0 Å². The molecular formula is C15H22FNO3S. The van der Waals surface area contributed by atoms with Crippen molar-refractivity contribution in [3.63, 3.8) is 0 Å². The van der Waals surface area contributed by atoms with Gasteiger partial charge in [0.15, 0.2) is 0 Å². The van der Waals surface area contributed by atoms with Crippen molar-refractivity contribution < 1.29 is 17.9 Å².